The van der Waals surface area contributed by atoms with E-state index in [1.165, 1.54) is 60.8 Å². The first-order valence-electron chi connectivity index (χ1n) is 10.3. The van der Waals surface area contributed by atoms with E-state index in [0.29, 0.717) is 0 Å². The van der Waals surface area contributed by atoms with Gasteiger partial charge in [-0.25, -0.2) is 0 Å². The molecule has 5 aromatic rings. The molecule has 1 heterocycles. The van der Waals surface area contributed by atoms with Crippen LogP contribution in [0.2, 0.25) is 0 Å². The van der Waals surface area contributed by atoms with Gasteiger partial charge in [0.05, 0.1) is 0 Å². The predicted octanol–water partition coefficient (Wildman–Crippen LogP) is 7.60. The van der Waals surface area contributed by atoms with Gasteiger partial charge in [0.25, 0.3) is 0 Å². The third kappa shape index (κ3) is 2.28. The molecule has 1 aromatic heterocycles. The fourth-order valence-corrected chi connectivity index (χ4v) is 5.02. The Morgan fingerprint density at radius 1 is 0.621 bits per heavy atom. The fourth-order valence-electron chi connectivity index (χ4n) is 5.02. The molecule has 1 heteroatoms. The van der Waals surface area contributed by atoms with Crippen molar-refractivity contribution < 1.29 is 0 Å². The Labute approximate surface area is 171 Å². The van der Waals surface area contributed by atoms with Crippen molar-refractivity contribution in [3.05, 3.63) is 95.6 Å². The van der Waals surface area contributed by atoms with Crippen LogP contribution in [0, 0.1) is 6.92 Å². The number of aromatic amines is 1. The molecule has 0 bridgehead atoms. The van der Waals surface area contributed by atoms with Crippen LogP contribution in [0.3, 0.4) is 0 Å². The molecule has 0 radical (unpaired) electrons. The van der Waals surface area contributed by atoms with Crippen molar-refractivity contribution in [2.24, 2.45) is 0 Å². The molecule has 29 heavy (non-hydrogen) atoms. The smallest absolute Gasteiger partial charge is 0.0468 e. The molecule has 0 fully saturated rings. The van der Waals surface area contributed by atoms with Crippen LogP contribution in [0.4, 0.5) is 0 Å². The van der Waals surface area contributed by atoms with Gasteiger partial charge in [-0.15, -0.1) is 0 Å². The zero-order chi connectivity index (χ0) is 19.8. The lowest BCUT2D eigenvalue weighted by Gasteiger charge is -2.21. The number of nitrogens with one attached hydrogen (secondary N) is 1. The molecule has 1 aliphatic carbocycles. The van der Waals surface area contributed by atoms with Crippen LogP contribution in [-0.2, 0) is 5.41 Å². The first kappa shape index (κ1) is 16.6. The topological polar surface area (TPSA) is 15.8 Å². The van der Waals surface area contributed by atoms with E-state index >= 15 is 0 Å². The Morgan fingerprint density at radius 3 is 2.17 bits per heavy atom. The first-order valence-corrected chi connectivity index (χ1v) is 10.3. The molecule has 0 spiro atoms. The lowest BCUT2D eigenvalue weighted by molar-refractivity contribution is 0.661. The number of fused-ring (bicyclic) bond motifs is 6. The van der Waals surface area contributed by atoms with Crippen molar-refractivity contribution in [3.63, 3.8) is 0 Å². The van der Waals surface area contributed by atoms with Gasteiger partial charge in [0.15, 0.2) is 0 Å². The average Bonchev–Trinajstić information content (AvgIpc) is 3.20. The van der Waals surface area contributed by atoms with Gasteiger partial charge in [-0.3, -0.25) is 0 Å². The Hall–Kier alpha value is -3.32. The number of aromatic nitrogens is 1. The summed E-state index contributed by atoms with van der Waals surface area (Å²) < 4.78 is 0. The summed E-state index contributed by atoms with van der Waals surface area (Å²) in [4.78, 5) is 3.66. The number of benzene rings is 4. The monoisotopic (exact) mass is 373 g/mol. The van der Waals surface area contributed by atoms with Crippen molar-refractivity contribution >= 4 is 21.8 Å². The van der Waals surface area contributed by atoms with E-state index in [9.17, 15) is 0 Å². The van der Waals surface area contributed by atoms with Crippen LogP contribution in [0.25, 0.3) is 44.1 Å². The molecule has 0 saturated heterocycles. The molecule has 6 rings (SSSR count). The highest BCUT2D eigenvalue weighted by atomic mass is 14.7. The van der Waals surface area contributed by atoms with Crippen LogP contribution in [0.1, 0.15) is 30.5 Å². The number of rotatable bonds is 1. The second-order valence-corrected chi connectivity index (χ2v) is 8.87. The maximum Gasteiger partial charge on any atom is 0.0468 e. The SMILES string of the molecule is Cc1ccc(-c2ccc3[nH]c4cc5c(cc4c3c2)-c2ccccc2C5(C)C)cc1. The highest BCUT2D eigenvalue weighted by Gasteiger charge is 2.35. The molecule has 0 aliphatic heterocycles. The van der Waals surface area contributed by atoms with Gasteiger partial charge in [-0.2, -0.15) is 0 Å². The molecule has 140 valence electrons. The first-order chi connectivity index (χ1) is 14.0. The summed E-state index contributed by atoms with van der Waals surface area (Å²) in [6, 6.07) is 29.2. The molecular formula is C28H23N. The van der Waals surface area contributed by atoms with Crippen LogP contribution < -0.4 is 0 Å². The lowest BCUT2D eigenvalue weighted by atomic mass is 9.82. The molecule has 0 unspecified atom stereocenters. The van der Waals surface area contributed by atoms with Gasteiger partial charge in [0.1, 0.15) is 0 Å². The summed E-state index contributed by atoms with van der Waals surface area (Å²) >= 11 is 0. The van der Waals surface area contributed by atoms with Crippen LogP contribution in [-0.4, -0.2) is 4.98 Å². The quantitative estimate of drug-likeness (QED) is 0.311. The number of hydrogen-bond acceptors (Lipinski definition) is 0. The van der Waals surface area contributed by atoms with E-state index in [0.717, 1.165) is 0 Å². The Balaban J connectivity index is 1.62. The van der Waals surface area contributed by atoms with E-state index in [1.54, 1.807) is 0 Å². The maximum absolute atomic E-state index is 3.66. The van der Waals surface area contributed by atoms with Gasteiger partial charge < -0.3 is 4.98 Å². The molecule has 1 aliphatic rings. The van der Waals surface area contributed by atoms with Crippen LogP contribution in [0.5, 0.6) is 0 Å². The molecular weight excluding hydrogens is 350 g/mol. The van der Waals surface area contributed by atoms with Gasteiger partial charge >= 0.3 is 0 Å². The lowest BCUT2D eigenvalue weighted by Crippen LogP contribution is -2.14. The molecule has 4 aromatic carbocycles. The van der Waals surface area contributed by atoms with E-state index < -0.39 is 0 Å². The van der Waals surface area contributed by atoms with Gasteiger partial charge in [-0.1, -0.05) is 74.0 Å². The normalized spacial score (nSPS) is 14.3. The summed E-state index contributed by atoms with van der Waals surface area (Å²) in [5, 5.41) is 2.60. The van der Waals surface area contributed by atoms with Crippen molar-refractivity contribution in [3.8, 4) is 22.3 Å². The minimum Gasteiger partial charge on any atom is -0.355 e. The minimum absolute atomic E-state index is 0.0322. The maximum atomic E-state index is 3.66. The summed E-state index contributed by atoms with van der Waals surface area (Å²) in [6.45, 7) is 6.80. The van der Waals surface area contributed by atoms with Gasteiger partial charge in [0.2, 0.25) is 0 Å². The average molecular weight is 373 g/mol. The zero-order valence-electron chi connectivity index (χ0n) is 17.0. The van der Waals surface area contributed by atoms with Crippen molar-refractivity contribution in [1.29, 1.82) is 0 Å². The van der Waals surface area contributed by atoms with E-state index in [4.69, 9.17) is 0 Å². The molecule has 0 saturated carbocycles. The van der Waals surface area contributed by atoms with Gasteiger partial charge in [-0.05, 0) is 64.6 Å². The standard InChI is InChI=1S/C28H23N/c1-17-8-10-18(11-9-17)19-12-13-26-22(14-19)23-15-21-20-6-4-5-7-24(20)28(2,3)25(21)16-27(23)29-26/h4-16,29H,1-3H3. The van der Waals surface area contributed by atoms with E-state index in [-0.39, 0.29) is 5.41 Å². The van der Waals surface area contributed by atoms with Crippen molar-refractivity contribution in [2.75, 3.05) is 0 Å². The van der Waals surface area contributed by atoms with E-state index in [1.807, 2.05) is 0 Å². The summed E-state index contributed by atoms with van der Waals surface area (Å²) in [5.41, 5.74) is 11.9. The summed E-state index contributed by atoms with van der Waals surface area (Å²) in [5.74, 6) is 0. The Kier molecular flexibility index (Phi) is 3.21. The summed E-state index contributed by atoms with van der Waals surface area (Å²) in [7, 11) is 0. The molecule has 0 amide bonds. The molecule has 1 N–H and O–H groups in total. The van der Waals surface area contributed by atoms with Crippen molar-refractivity contribution in [2.45, 2.75) is 26.2 Å². The third-order valence-electron chi connectivity index (χ3n) is 6.69. The molecule has 0 atom stereocenters. The van der Waals surface area contributed by atoms with E-state index in [2.05, 4.69) is 105 Å². The minimum atomic E-state index is 0.0322. The second kappa shape index (κ2) is 5.61. The van der Waals surface area contributed by atoms with Gasteiger partial charge in [0, 0.05) is 27.2 Å². The van der Waals surface area contributed by atoms with Crippen LogP contribution in [0.15, 0.2) is 78.9 Å². The number of hydrogen-bond donors (Lipinski definition) is 1. The Bertz CT molecular complexity index is 1410. The third-order valence-corrected chi connectivity index (χ3v) is 6.69. The highest BCUT2D eigenvalue weighted by molar-refractivity contribution is 6.10. The zero-order valence-corrected chi connectivity index (χ0v) is 17.0. The summed E-state index contributed by atoms with van der Waals surface area (Å²) in [6.07, 6.45) is 0. The number of aryl methyl sites for hydroxylation is 1. The van der Waals surface area contributed by atoms with Crippen LogP contribution >= 0.6 is 0 Å². The largest absolute Gasteiger partial charge is 0.355 e. The predicted molar refractivity (Wildman–Crippen MR) is 124 cm³/mol. The molecule has 1 nitrogen and oxygen atoms in total. The highest BCUT2D eigenvalue weighted by Crippen LogP contribution is 2.50. The Morgan fingerprint density at radius 2 is 1.34 bits per heavy atom. The fraction of sp³-hybridized carbons (Fsp3) is 0.143. The van der Waals surface area contributed by atoms with Crippen molar-refractivity contribution in [1.82, 2.24) is 4.98 Å². The number of H-pyrrole nitrogens is 1. The second-order valence-electron chi connectivity index (χ2n) is 8.87.